The Bertz CT molecular complexity index is 505. The molecule has 0 fully saturated rings. The molecule has 0 aliphatic rings. The van der Waals surface area contributed by atoms with Gasteiger partial charge in [-0.1, -0.05) is 16.0 Å². The summed E-state index contributed by atoms with van der Waals surface area (Å²) in [5.74, 6) is -0.228. The van der Waals surface area contributed by atoms with Crippen LogP contribution in [0.25, 0.3) is 0 Å². The van der Waals surface area contributed by atoms with Gasteiger partial charge in [0, 0.05) is 0 Å². The third kappa shape index (κ3) is 3.64. The first-order valence-electron chi connectivity index (χ1n) is 3.99. The molecule has 0 N–H and O–H groups in total. The van der Waals surface area contributed by atoms with Gasteiger partial charge >= 0.3 is 10.5 Å². The normalized spacial score (nSPS) is 12.5. The summed E-state index contributed by atoms with van der Waals surface area (Å²) in [6, 6.07) is 5.75. The molecule has 84 valence electrons. The van der Waals surface area contributed by atoms with Gasteiger partial charge in [-0.15, -0.1) is 0 Å². The van der Waals surface area contributed by atoms with Gasteiger partial charge in [0.25, 0.3) is 0 Å². The lowest BCUT2D eigenvalue weighted by Crippen LogP contribution is -2.11. The van der Waals surface area contributed by atoms with Crippen LogP contribution < -0.4 is 9.49 Å². The summed E-state index contributed by atoms with van der Waals surface area (Å²) in [7, 11) is -7.78. The van der Waals surface area contributed by atoms with Crippen LogP contribution in [0.5, 0.6) is 5.75 Å². The lowest BCUT2D eigenvalue weighted by Gasteiger charge is -2.10. The molecule has 0 spiro atoms. The maximum atomic E-state index is 12.3. The molecule has 1 rings (SSSR count). The van der Waals surface area contributed by atoms with Crippen molar-refractivity contribution in [3.05, 3.63) is 24.3 Å². The lowest BCUT2D eigenvalue weighted by molar-refractivity contribution is 0.441. The van der Waals surface area contributed by atoms with Gasteiger partial charge < -0.3 is 8.75 Å². The van der Waals surface area contributed by atoms with Gasteiger partial charge in [-0.25, -0.2) is 0 Å². The molecular formula is C8H10FO4PS. The average Bonchev–Trinajstić information content (AvgIpc) is 1.99. The van der Waals surface area contributed by atoms with Crippen LogP contribution in [0.2, 0.25) is 0 Å². The molecule has 0 unspecified atom stereocenters. The Hall–Kier alpha value is -0.870. The molecule has 0 bridgehead atoms. The fourth-order valence-electron chi connectivity index (χ4n) is 1.08. The van der Waals surface area contributed by atoms with Gasteiger partial charge in [0.1, 0.15) is 7.14 Å². The number of para-hydroxylation sites is 1. The summed E-state index contributed by atoms with van der Waals surface area (Å²) in [6.45, 7) is 2.89. The zero-order chi connectivity index (χ0) is 11.7. The Labute approximate surface area is 87.9 Å². The van der Waals surface area contributed by atoms with Gasteiger partial charge in [0.05, 0.1) is 5.30 Å². The van der Waals surface area contributed by atoms with Crippen molar-refractivity contribution in [1.29, 1.82) is 0 Å². The number of hydrogen-bond acceptors (Lipinski definition) is 4. The summed E-state index contributed by atoms with van der Waals surface area (Å²) in [6.07, 6.45) is 0. The molecule has 4 nitrogen and oxygen atoms in total. The zero-order valence-electron chi connectivity index (χ0n) is 8.18. The smallest absolute Gasteiger partial charge is 0.358 e. The molecule has 0 aromatic heterocycles. The van der Waals surface area contributed by atoms with Crippen LogP contribution >= 0.6 is 7.14 Å². The third-order valence-electron chi connectivity index (χ3n) is 1.63. The fraction of sp³-hybridized carbons (Fsp3) is 0.250. The minimum absolute atomic E-state index is 0.200. The van der Waals surface area contributed by atoms with Gasteiger partial charge in [-0.2, -0.15) is 8.42 Å². The van der Waals surface area contributed by atoms with E-state index >= 15 is 0 Å². The van der Waals surface area contributed by atoms with E-state index in [2.05, 4.69) is 4.18 Å². The number of benzene rings is 1. The Balaban J connectivity index is 3.26. The molecule has 0 atom stereocenters. The first kappa shape index (κ1) is 12.2. The highest BCUT2D eigenvalue weighted by atomic mass is 32.3. The molecule has 0 aliphatic carbocycles. The van der Waals surface area contributed by atoms with Crippen molar-refractivity contribution in [1.82, 2.24) is 0 Å². The van der Waals surface area contributed by atoms with E-state index in [-0.39, 0.29) is 11.1 Å². The molecule has 15 heavy (non-hydrogen) atoms. The van der Waals surface area contributed by atoms with Crippen LogP contribution in [-0.2, 0) is 15.1 Å². The van der Waals surface area contributed by atoms with E-state index in [0.29, 0.717) is 0 Å². The predicted octanol–water partition coefficient (Wildman–Crippen LogP) is 1.53. The highest BCUT2D eigenvalue weighted by molar-refractivity contribution is 7.82. The van der Waals surface area contributed by atoms with Gasteiger partial charge in [-0.3, -0.25) is 0 Å². The Kier molecular flexibility index (Phi) is 3.21. The molecule has 0 radical (unpaired) electrons. The largest absolute Gasteiger partial charge is 0.488 e. The first-order valence-corrected chi connectivity index (χ1v) is 7.90. The molecule has 7 heteroatoms. The van der Waals surface area contributed by atoms with Crippen LogP contribution in [0.3, 0.4) is 0 Å². The van der Waals surface area contributed by atoms with Crippen molar-refractivity contribution < 1.29 is 21.1 Å². The van der Waals surface area contributed by atoms with Crippen molar-refractivity contribution >= 4 is 23.0 Å². The van der Waals surface area contributed by atoms with E-state index in [1.54, 1.807) is 6.07 Å². The zero-order valence-corrected chi connectivity index (χ0v) is 9.89. The highest BCUT2D eigenvalue weighted by Gasteiger charge is 2.20. The Morgan fingerprint density at radius 3 is 2.27 bits per heavy atom. The van der Waals surface area contributed by atoms with Crippen LogP contribution in [0.15, 0.2) is 24.3 Å². The summed E-state index contributed by atoms with van der Waals surface area (Å²) in [4.78, 5) is 0. The van der Waals surface area contributed by atoms with Crippen LogP contribution in [0, 0.1) is 0 Å². The minimum atomic E-state index is -5.08. The van der Waals surface area contributed by atoms with Crippen LogP contribution in [0.4, 0.5) is 3.89 Å². The number of hydrogen-bond donors (Lipinski definition) is 0. The minimum Gasteiger partial charge on any atom is -0.358 e. The molecule has 0 heterocycles. The van der Waals surface area contributed by atoms with Gasteiger partial charge in [-0.05, 0) is 25.5 Å². The standard InChI is InChI=1S/C8H10FO4PS/c1-14(2,10)8-6-4-3-5-7(8)13-15(9,11)12/h3-6H,1-2H3. The molecule has 0 saturated carbocycles. The maximum absolute atomic E-state index is 12.3. The maximum Gasteiger partial charge on any atom is 0.488 e. The first-order chi connectivity index (χ1) is 6.70. The van der Waals surface area contributed by atoms with E-state index in [0.717, 1.165) is 0 Å². The Morgan fingerprint density at radius 2 is 1.80 bits per heavy atom. The second-order valence-electron chi connectivity index (χ2n) is 3.30. The molecular weight excluding hydrogens is 242 g/mol. The van der Waals surface area contributed by atoms with E-state index in [9.17, 15) is 16.9 Å². The lowest BCUT2D eigenvalue weighted by atomic mass is 10.3. The van der Waals surface area contributed by atoms with E-state index in [1.165, 1.54) is 31.5 Å². The van der Waals surface area contributed by atoms with Crippen molar-refractivity contribution in [2.75, 3.05) is 13.3 Å². The third-order valence-corrected chi connectivity index (χ3v) is 3.54. The van der Waals surface area contributed by atoms with Crippen molar-refractivity contribution in [2.45, 2.75) is 0 Å². The van der Waals surface area contributed by atoms with E-state index in [1.807, 2.05) is 0 Å². The number of rotatable bonds is 3. The quantitative estimate of drug-likeness (QED) is 0.604. The van der Waals surface area contributed by atoms with Crippen molar-refractivity contribution in [3.8, 4) is 5.75 Å². The van der Waals surface area contributed by atoms with Gasteiger partial charge in [0.2, 0.25) is 0 Å². The SMILES string of the molecule is CP(C)(=O)c1ccccc1OS(=O)(=O)F. The average molecular weight is 252 g/mol. The van der Waals surface area contributed by atoms with Crippen molar-refractivity contribution in [3.63, 3.8) is 0 Å². The molecule has 0 saturated heterocycles. The van der Waals surface area contributed by atoms with Gasteiger partial charge in [0.15, 0.2) is 5.75 Å². The molecule has 0 aliphatic heterocycles. The monoisotopic (exact) mass is 252 g/mol. The van der Waals surface area contributed by atoms with Crippen molar-refractivity contribution in [2.24, 2.45) is 0 Å². The number of halogens is 1. The highest BCUT2D eigenvalue weighted by Crippen LogP contribution is 2.38. The predicted molar refractivity (Wildman–Crippen MR) is 56.2 cm³/mol. The molecule has 1 aromatic rings. The summed E-state index contributed by atoms with van der Waals surface area (Å²) < 4.78 is 48.7. The second kappa shape index (κ2) is 3.94. The molecule has 1 aromatic carbocycles. The van der Waals surface area contributed by atoms with E-state index < -0.39 is 17.6 Å². The van der Waals surface area contributed by atoms with Crippen LogP contribution in [0.1, 0.15) is 0 Å². The van der Waals surface area contributed by atoms with Crippen LogP contribution in [-0.4, -0.2) is 21.7 Å². The summed E-state index contributed by atoms with van der Waals surface area (Å²) >= 11 is 0. The topological polar surface area (TPSA) is 60.4 Å². The molecule has 0 amide bonds. The second-order valence-corrected chi connectivity index (χ2v) is 7.43. The Morgan fingerprint density at radius 1 is 1.27 bits per heavy atom. The summed E-state index contributed by atoms with van der Waals surface area (Å²) in [5.41, 5.74) is 0. The van der Waals surface area contributed by atoms with E-state index in [4.69, 9.17) is 0 Å². The summed E-state index contributed by atoms with van der Waals surface area (Å²) in [5, 5.41) is 0.200. The fourth-order valence-corrected chi connectivity index (χ4v) is 2.60.